The number of anilines is 2. The van der Waals surface area contributed by atoms with Crippen LogP contribution in [-0.2, 0) is 11.2 Å². The zero-order chi connectivity index (χ0) is 17.8. The topological polar surface area (TPSA) is 62.3 Å². The Morgan fingerprint density at radius 1 is 1.32 bits per heavy atom. The highest BCUT2D eigenvalue weighted by molar-refractivity contribution is 6.07. The lowest BCUT2D eigenvalue weighted by Gasteiger charge is -2.17. The van der Waals surface area contributed by atoms with Gasteiger partial charge in [0.1, 0.15) is 0 Å². The first-order valence-electron chi connectivity index (χ1n) is 8.73. The lowest BCUT2D eigenvalue weighted by molar-refractivity contribution is -0.117. The standard InChI is InChI=1S/C20H23N3O2/c1-3-14(2)11-19(24)22-17-6-7-18-15(12-17)8-10-23(18)20(25)16-5-4-9-21-13-16/h4-7,9,12-14H,3,8,10-11H2,1-2H3,(H,22,24)/t14-/m1/s1. The van der Waals surface area contributed by atoms with Gasteiger partial charge in [0.15, 0.2) is 0 Å². The number of nitrogens with zero attached hydrogens (tertiary/aromatic N) is 2. The van der Waals surface area contributed by atoms with Crippen molar-refractivity contribution in [3.8, 4) is 0 Å². The van der Waals surface area contributed by atoms with E-state index in [-0.39, 0.29) is 11.8 Å². The maximum absolute atomic E-state index is 12.6. The van der Waals surface area contributed by atoms with Gasteiger partial charge in [0.05, 0.1) is 5.56 Å². The molecule has 1 aliphatic rings. The Morgan fingerprint density at radius 3 is 2.88 bits per heavy atom. The second-order valence-electron chi connectivity index (χ2n) is 6.56. The Hall–Kier alpha value is -2.69. The minimum absolute atomic E-state index is 0.0376. The molecule has 1 aliphatic heterocycles. The molecule has 2 heterocycles. The van der Waals surface area contributed by atoms with E-state index in [1.807, 2.05) is 18.2 Å². The van der Waals surface area contributed by atoms with Gasteiger partial charge in [-0.3, -0.25) is 14.6 Å². The summed E-state index contributed by atoms with van der Waals surface area (Å²) in [6, 6.07) is 9.29. The number of carbonyl (C=O) groups is 2. The second-order valence-corrected chi connectivity index (χ2v) is 6.56. The number of hydrogen-bond donors (Lipinski definition) is 1. The van der Waals surface area contributed by atoms with Gasteiger partial charge in [-0.25, -0.2) is 0 Å². The van der Waals surface area contributed by atoms with E-state index in [0.29, 0.717) is 24.4 Å². The number of amides is 2. The summed E-state index contributed by atoms with van der Waals surface area (Å²) in [5, 5.41) is 2.96. The Balaban J connectivity index is 1.72. The molecule has 25 heavy (non-hydrogen) atoms. The van der Waals surface area contributed by atoms with Crippen molar-refractivity contribution in [1.29, 1.82) is 0 Å². The van der Waals surface area contributed by atoms with Crippen LogP contribution in [0.2, 0.25) is 0 Å². The van der Waals surface area contributed by atoms with Crippen molar-refractivity contribution in [2.45, 2.75) is 33.1 Å². The third kappa shape index (κ3) is 3.87. The van der Waals surface area contributed by atoms with Crippen molar-refractivity contribution in [1.82, 2.24) is 4.98 Å². The summed E-state index contributed by atoms with van der Waals surface area (Å²) in [6.45, 7) is 4.80. The minimum Gasteiger partial charge on any atom is -0.326 e. The van der Waals surface area contributed by atoms with Crippen LogP contribution in [0.1, 0.15) is 42.6 Å². The molecule has 2 amide bonds. The number of fused-ring (bicyclic) bond motifs is 1. The Morgan fingerprint density at radius 2 is 2.16 bits per heavy atom. The molecule has 2 aromatic rings. The highest BCUT2D eigenvalue weighted by Gasteiger charge is 2.26. The van der Waals surface area contributed by atoms with Gasteiger partial charge in [-0.15, -0.1) is 0 Å². The zero-order valence-electron chi connectivity index (χ0n) is 14.7. The lowest BCUT2D eigenvalue weighted by Crippen LogP contribution is -2.28. The number of nitrogens with one attached hydrogen (secondary N) is 1. The summed E-state index contributed by atoms with van der Waals surface area (Å²) in [7, 11) is 0. The average Bonchev–Trinajstić information content (AvgIpc) is 3.04. The number of carbonyl (C=O) groups excluding carboxylic acids is 2. The monoisotopic (exact) mass is 337 g/mol. The third-order valence-corrected chi connectivity index (χ3v) is 4.64. The first kappa shape index (κ1) is 17.1. The quantitative estimate of drug-likeness (QED) is 0.906. The van der Waals surface area contributed by atoms with Crippen LogP contribution in [0, 0.1) is 5.92 Å². The summed E-state index contributed by atoms with van der Waals surface area (Å²) in [4.78, 5) is 30.5. The summed E-state index contributed by atoms with van der Waals surface area (Å²) >= 11 is 0. The molecule has 0 spiro atoms. The van der Waals surface area contributed by atoms with Crippen molar-refractivity contribution in [3.63, 3.8) is 0 Å². The number of aromatic nitrogens is 1. The van der Waals surface area contributed by atoms with E-state index in [1.54, 1.807) is 29.4 Å². The van der Waals surface area contributed by atoms with Crippen molar-refractivity contribution >= 4 is 23.2 Å². The van der Waals surface area contributed by atoms with Crippen molar-refractivity contribution < 1.29 is 9.59 Å². The van der Waals surface area contributed by atoms with Crippen molar-refractivity contribution in [2.75, 3.05) is 16.8 Å². The van der Waals surface area contributed by atoms with Crippen LogP contribution in [0.4, 0.5) is 11.4 Å². The molecule has 1 aromatic carbocycles. The zero-order valence-corrected chi connectivity index (χ0v) is 14.7. The molecule has 1 N–H and O–H groups in total. The maximum Gasteiger partial charge on any atom is 0.259 e. The first-order chi connectivity index (χ1) is 12.1. The van der Waals surface area contributed by atoms with Crippen LogP contribution < -0.4 is 10.2 Å². The molecule has 1 aromatic heterocycles. The van der Waals surface area contributed by atoms with Crippen LogP contribution in [0.25, 0.3) is 0 Å². The fourth-order valence-electron chi connectivity index (χ4n) is 3.01. The third-order valence-electron chi connectivity index (χ3n) is 4.64. The average molecular weight is 337 g/mol. The van der Waals surface area contributed by atoms with Crippen LogP contribution in [-0.4, -0.2) is 23.3 Å². The van der Waals surface area contributed by atoms with E-state index in [9.17, 15) is 9.59 Å². The molecule has 0 saturated carbocycles. The first-order valence-corrected chi connectivity index (χ1v) is 8.73. The summed E-state index contributed by atoms with van der Waals surface area (Å²) in [5.74, 6) is 0.373. The van der Waals surface area contributed by atoms with E-state index in [2.05, 4.69) is 24.1 Å². The summed E-state index contributed by atoms with van der Waals surface area (Å²) in [6.07, 6.45) is 5.55. The van der Waals surface area contributed by atoms with Crippen LogP contribution in [0.3, 0.4) is 0 Å². The normalized spacial score (nSPS) is 14.1. The summed E-state index contributed by atoms with van der Waals surface area (Å²) in [5.41, 5.74) is 3.37. The van der Waals surface area contributed by atoms with E-state index in [4.69, 9.17) is 0 Å². The van der Waals surface area contributed by atoms with Gasteiger partial charge in [-0.1, -0.05) is 20.3 Å². The Labute approximate surface area is 148 Å². The number of rotatable bonds is 5. The molecular formula is C20H23N3O2. The molecule has 130 valence electrons. The molecule has 5 heteroatoms. The van der Waals surface area contributed by atoms with Crippen molar-refractivity contribution in [3.05, 3.63) is 53.9 Å². The van der Waals surface area contributed by atoms with E-state index < -0.39 is 0 Å². The molecule has 0 bridgehead atoms. The highest BCUT2D eigenvalue weighted by Crippen LogP contribution is 2.31. The molecule has 0 aliphatic carbocycles. The molecule has 1 atom stereocenters. The number of hydrogen-bond acceptors (Lipinski definition) is 3. The molecule has 0 radical (unpaired) electrons. The van der Waals surface area contributed by atoms with E-state index in [0.717, 1.165) is 29.8 Å². The van der Waals surface area contributed by atoms with E-state index in [1.165, 1.54) is 0 Å². The fraction of sp³-hybridized carbons (Fsp3) is 0.350. The van der Waals surface area contributed by atoms with Gasteiger partial charge < -0.3 is 10.2 Å². The predicted molar refractivity (Wildman–Crippen MR) is 98.8 cm³/mol. The van der Waals surface area contributed by atoms with E-state index >= 15 is 0 Å². The van der Waals surface area contributed by atoms with Crippen LogP contribution in [0.5, 0.6) is 0 Å². The molecule has 0 fully saturated rings. The van der Waals surface area contributed by atoms with Gasteiger partial charge in [0, 0.05) is 36.7 Å². The Kier molecular flexibility index (Phi) is 5.12. The molecule has 5 nitrogen and oxygen atoms in total. The highest BCUT2D eigenvalue weighted by atomic mass is 16.2. The van der Waals surface area contributed by atoms with Gasteiger partial charge in [-0.05, 0) is 48.2 Å². The SMILES string of the molecule is CC[C@@H](C)CC(=O)Nc1ccc2c(c1)CCN2C(=O)c1cccnc1. The van der Waals surface area contributed by atoms with Crippen LogP contribution in [0.15, 0.2) is 42.7 Å². The second kappa shape index (κ2) is 7.47. The molecule has 0 unspecified atom stereocenters. The Bertz CT molecular complexity index is 774. The minimum atomic E-state index is -0.0413. The number of pyridine rings is 1. The van der Waals surface area contributed by atoms with Gasteiger partial charge >= 0.3 is 0 Å². The van der Waals surface area contributed by atoms with Gasteiger partial charge in [-0.2, -0.15) is 0 Å². The van der Waals surface area contributed by atoms with Crippen molar-refractivity contribution in [2.24, 2.45) is 5.92 Å². The fourth-order valence-corrected chi connectivity index (χ4v) is 3.01. The molecule has 3 rings (SSSR count). The van der Waals surface area contributed by atoms with Gasteiger partial charge in [0.2, 0.25) is 5.91 Å². The lowest BCUT2D eigenvalue weighted by atomic mass is 10.0. The smallest absolute Gasteiger partial charge is 0.259 e. The maximum atomic E-state index is 12.6. The molecule has 0 saturated heterocycles. The van der Waals surface area contributed by atoms with Crippen LogP contribution >= 0.6 is 0 Å². The summed E-state index contributed by atoms with van der Waals surface area (Å²) < 4.78 is 0. The van der Waals surface area contributed by atoms with Gasteiger partial charge in [0.25, 0.3) is 5.91 Å². The number of benzene rings is 1. The largest absolute Gasteiger partial charge is 0.326 e. The predicted octanol–water partition coefficient (Wildman–Crippen LogP) is 3.66. The molecular weight excluding hydrogens is 314 g/mol.